The number of nitrogens with one attached hydrogen (secondary N) is 1. The van der Waals surface area contributed by atoms with Crippen LogP contribution >= 0.6 is 11.6 Å². The van der Waals surface area contributed by atoms with Crippen molar-refractivity contribution in [1.82, 2.24) is 9.13 Å². The second-order valence-electron chi connectivity index (χ2n) is 4.57. The maximum absolute atomic E-state index is 12.3. The number of amides is 1. The van der Waals surface area contributed by atoms with Crippen LogP contribution in [0.3, 0.4) is 0 Å². The Bertz CT molecular complexity index is 808. The zero-order valence-corrected chi connectivity index (χ0v) is 12.9. The second kappa shape index (κ2) is 6.18. The highest BCUT2D eigenvalue weighted by molar-refractivity contribution is 6.29. The Morgan fingerprint density at radius 3 is 2.27 bits per heavy atom. The zero-order chi connectivity index (χ0) is 16.4. The van der Waals surface area contributed by atoms with Gasteiger partial charge in [0.1, 0.15) is 11.6 Å². The predicted molar refractivity (Wildman–Crippen MR) is 83.6 cm³/mol. The Hall–Kier alpha value is -2.35. The number of nitro groups is 1. The fraction of sp³-hybridized carbons (Fsp3) is 0.385. The van der Waals surface area contributed by atoms with Gasteiger partial charge in [-0.3, -0.25) is 24.0 Å². The van der Waals surface area contributed by atoms with Crippen molar-refractivity contribution in [1.29, 1.82) is 0 Å². The van der Waals surface area contributed by atoms with E-state index < -0.39 is 10.8 Å². The first kappa shape index (κ1) is 16.0. The van der Waals surface area contributed by atoms with Crippen molar-refractivity contribution in [3.63, 3.8) is 0 Å². The molecular formula is C13H15ClN4O4. The van der Waals surface area contributed by atoms with Crippen LogP contribution in [-0.4, -0.2) is 25.8 Å². The highest BCUT2D eigenvalue weighted by Crippen LogP contribution is 2.30. The van der Waals surface area contributed by atoms with Crippen LogP contribution in [0.15, 0.2) is 16.9 Å². The number of hydrogen-bond donors (Lipinski definition) is 1. The molecule has 0 aliphatic rings. The van der Waals surface area contributed by atoms with E-state index in [1.165, 1.54) is 21.3 Å². The van der Waals surface area contributed by atoms with Crippen molar-refractivity contribution in [3.8, 4) is 0 Å². The fourth-order valence-electron chi connectivity index (χ4n) is 2.40. The van der Waals surface area contributed by atoms with Crippen LogP contribution in [0.4, 0.5) is 11.4 Å². The van der Waals surface area contributed by atoms with Crippen LogP contribution in [0.5, 0.6) is 0 Å². The minimum atomic E-state index is -0.600. The Labute approximate surface area is 130 Å². The van der Waals surface area contributed by atoms with Crippen LogP contribution in [0, 0.1) is 10.1 Å². The van der Waals surface area contributed by atoms with Gasteiger partial charge in [0.2, 0.25) is 5.91 Å². The highest BCUT2D eigenvalue weighted by Gasteiger charge is 2.21. The summed E-state index contributed by atoms with van der Waals surface area (Å²) in [4.78, 5) is 34.3. The van der Waals surface area contributed by atoms with Gasteiger partial charge >= 0.3 is 5.69 Å². The molecule has 2 rings (SSSR count). The fourth-order valence-corrected chi connectivity index (χ4v) is 2.46. The summed E-state index contributed by atoms with van der Waals surface area (Å²) >= 11 is 5.42. The molecule has 0 unspecified atom stereocenters. The third kappa shape index (κ3) is 2.57. The summed E-state index contributed by atoms with van der Waals surface area (Å²) in [6, 6.07) is 2.74. The molecule has 0 aliphatic heterocycles. The van der Waals surface area contributed by atoms with Gasteiger partial charge in [0.15, 0.2) is 0 Å². The van der Waals surface area contributed by atoms with Gasteiger partial charge in [-0.05, 0) is 19.9 Å². The number of alkyl halides is 1. The number of rotatable bonds is 5. The summed E-state index contributed by atoms with van der Waals surface area (Å²) in [5.74, 6) is -0.865. The average molecular weight is 327 g/mol. The number of benzene rings is 1. The van der Waals surface area contributed by atoms with Crippen LogP contribution in [0.1, 0.15) is 13.8 Å². The number of aromatic nitrogens is 2. The number of nitrogens with zero attached hydrogens (tertiary/aromatic N) is 3. The summed E-state index contributed by atoms with van der Waals surface area (Å²) in [5, 5.41) is 13.6. The number of anilines is 1. The largest absolute Gasteiger partial charge is 0.329 e. The van der Waals surface area contributed by atoms with Gasteiger partial charge in [-0.15, -0.1) is 11.6 Å². The van der Waals surface area contributed by atoms with Crippen molar-refractivity contribution >= 4 is 39.9 Å². The molecule has 1 heterocycles. The molecule has 9 heteroatoms. The first-order valence-electron chi connectivity index (χ1n) is 6.71. The van der Waals surface area contributed by atoms with Gasteiger partial charge in [0.25, 0.3) is 5.69 Å². The molecule has 0 spiro atoms. The highest BCUT2D eigenvalue weighted by atomic mass is 35.5. The molecule has 8 nitrogen and oxygen atoms in total. The monoisotopic (exact) mass is 326 g/mol. The quantitative estimate of drug-likeness (QED) is 0.515. The number of imidazole rings is 1. The Morgan fingerprint density at radius 2 is 1.82 bits per heavy atom. The molecule has 2 aromatic rings. The summed E-state index contributed by atoms with van der Waals surface area (Å²) in [6.45, 7) is 4.41. The van der Waals surface area contributed by atoms with E-state index in [2.05, 4.69) is 5.32 Å². The van der Waals surface area contributed by atoms with E-state index in [1.807, 2.05) is 0 Å². The lowest BCUT2D eigenvalue weighted by Crippen LogP contribution is -2.23. The summed E-state index contributed by atoms with van der Waals surface area (Å²) < 4.78 is 2.96. The summed E-state index contributed by atoms with van der Waals surface area (Å²) in [6.07, 6.45) is 0. The van der Waals surface area contributed by atoms with Crippen molar-refractivity contribution in [3.05, 3.63) is 32.7 Å². The van der Waals surface area contributed by atoms with Gasteiger partial charge in [0, 0.05) is 19.2 Å². The van der Waals surface area contributed by atoms with E-state index in [0.29, 0.717) is 24.1 Å². The van der Waals surface area contributed by atoms with Gasteiger partial charge in [-0.1, -0.05) is 0 Å². The number of carbonyl (C=O) groups excluding carboxylic acids is 1. The van der Waals surface area contributed by atoms with Gasteiger partial charge in [0.05, 0.1) is 16.0 Å². The molecule has 1 aromatic heterocycles. The molecule has 0 radical (unpaired) electrons. The van der Waals surface area contributed by atoms with E-state index in [1.54, 1.807) is 13.8 Å². The van der Waals surface area contributed by atoms with Crippen LogP contribution in [0.2, 0.25) is 0 Å². The molecule has 0 bridgehead atoms. The Kier molecular flexibility index (Phi) is 4.51. The molecule has 0 fully saturated rings. The van der Waals surface area contributed by atoms with Crippen LogP contribution in [0.25, 0.3) is 11.0 Å². The molecule has 0 saturated heterocycles. The number of fused-ring (bicyclic) bond motifs is 1. The van der Waals surface area contributed by atoms with Crippen molar-refractivity contribution in [2.45, 2.75) is 26.9 Å². The van der Waals surface area contributed by atoms with Gasteiger partial charge in [-0.25, -0.2) is 4.79 Å². The van der Waals surface area contributed by atoms with Crippen LogP contribution < -0.4 is 11.0 Å². The standard InChI is InChI=1S/C13H15ClN4O4/c1-3-16-10-5-8(15-12(19)7-14)9(18(21)22)6-11(10)17(4-2)13(16)20/h5-6H,3-4,7H2,1-2H3,(H,15,19). The van der Waals surface area contributed by atoms with E-state index in [9.17, 15) is 19.7 Å². The summed E-state index contributed by atoms with van der Waals surface area (Å²) in [5.41, 5.74) is 0.505. The molecule has 1 amide bonds. The van der Waals surface area contributed by atoms with E-state index in [4.69, 9.17) is 11.6 Å². The SMILES string of the molecule is CCn1c(=O)n(CC)c2cc([N+](=O)[O-])c(NC(=O)CCl)cc21. The summed E-state index contributed by atoms with van der Waals surface area (Å²) in [7, 11) is 0. The number of halogens is 1. The van der Waals surface area contributed by atoms with Gasteiger partial charge in [-0.2, -0.15) is 0 Å². The third-order valence-electron chi connectivity index (χ3n) is 3.36. The molecule has 0 atom stereocenters. The minimum absolute atomic E-state index is 0.0265. The Morgan fingerprint density at radius 1 is 1.27 bits per heavy atom. The minimum Gasteiger partial charge on any atom is -0.319 e. The number of nitro benzene ring substituents is 1. The molecular weight excluding hydrogens is 312 g/mol. The van der Waals surface area contributed by atoms with E-state index in [-0.39, 0.29) is 22.9 Å². The lowest BCUT2D eigenvalue weighted by molar-refractivity contribution is -0.383. The first-order chi connectivity index (χ1) is 10.4. The lowest BCUT2D eigenvalue weighted by atomic mass is 10.2. The molecule has 1 N–H and O–H groups in total. The smallest absolute Gasteiger partial charge is 0.319 e. The van der Waals surface area contributed by atoms with Crippen LogP contribution in [-0.2, 0) is 17.9 Å². The third-order valence-corrected chi connectivity index (χ3v) is 3.60. The van der Waals surface area contributed by atoms with E-state index >= 15 is 0 Å². The topological polar surface area (TPSA) is 99.2 Å². The van der Waals surface area contributed by atoms with Crippen molar-refractivity contribution < 1.29 is 9.72 Å². The van der Waals surface area contributed by atoms with Crippen molar-refractivity contribution in [2.24, 2.45) is 0 Å². The number of hydrogen-bond acceptors (Lipinski definition) is 4. The van der Waals surface area contributed by atoms with Gasteiger partial charge < -0.3 is 5.32 Å². The maximum Gasteiger partial charge on any atom is 0.329 e. The molecule has 118 valence electrons. The second-order valence-corrected chi connectivity index (χ2v) is 4.84. The molecule has 0 saturated carbocycles. The average Bonchev–Trinajstić information content (AvgIpc) is 2.75. The normalized spacial score (nSPS) is 10.9. The predicted octanol–water partition coefficient (Wildman–Crippen LogP) is 1.93. The Balaban J connectivity index is 2.80. The number of carbonyl (C=O) groups is 1. The first-order valence-corrected chi connectivity index (χ1v) is 7.25. The lowest BCUT2D eigenvalue weighted by Gasteiger charge is -2.06. The van der Waals surface area contributed by atoms with Crippen molar-refractivity contribution in [2.75, 3.05) is 11.2 Å². The molecule has 22 heavy (non-hydrogen) atoms. The zero-order valence-electron chi connectivity index (χ0n) is 12.1. The molecule has 1 aromatic carbocycles. The molecule has 0 aliphatic carbocycles. The van der Waals surface area contributed by atoms with E-state index in [0.717, 1.165) is 0 Å². The number of aryl methyl sites for hydroxylation is 2. The maximum atomic E-state index is 12.3.